The van der Waals surface area contributed by atoms with Crippen LogP contribution in [0.5, 0.6) is 0 Å². The van der Waals surface area contributed by atoms with E-state index in [1.165, 1.54) is 0 Å². The van der Waals surface area contributed by atoms with Gasteiger partial charge >= 0.3 is 0 Å². The van der Waals surface area contributed by atoms with Crippen LogP contribution in [-0.2, 0) is 13.1 Å². The molecule has 0 saturated heterocycles. The van der Waals surface area contributed by atoms with Gasteiger partial charge in [-0.1, -0.05) is 35.3 Å². The molecule has 8 heteroatoms. The molecule has 0 atom stereocenters. The normalized spacial score (nSPS) is 11.0. The van der Waals surface area contributed by atoms with E-state index < -0.39 is 0 Å². The zero-order chi connectivity index (χ0) is 14.7. The average molecular weight is 313 g/mol. The first-order valence-corrected chi connectivity index (χ1v) is 6.58. The number of benzene rings is 1. The molecule has 0 spiro atoms. The maximum Gasteiger partial charge on any atom is 0.225 e. The van der Waals surface area contributed by atoms with Crippen LogP contribution in [-0.4, -0.2) is 26.9 Å². The minimum atomic E-state index is 0.113. The number of hydrogen-bond donors (Lipinski definition) is 2. The Morgan fingerprint density at radius 1 is 1.05 bits per heavy atom. The largest absolute Gasteiger partial charge is 0.368 e. The molecule has 0 bridgehead atoms. The summed E-state index contributed by atoms with van der Waals surface area (Å²) in [6.07, 6.45) is 0. The van der Waals surface area contributed by atoms with Crippen molar-refractivity contribution in [3.05, 3.63) is 39.6 Å². The molecule has 4 N–H and O–H groups in total. The van der Waals surface area contributed by atoms with Crippen LogP contribution in [0.4, 0.5) is 11.9 Å². The monoisotopic (exact) mass is 312 g/mol. The van der Waals surface area contributed by atoms with Gasteiger partial charge in [0.05, 0.1) is 16.6 Å². The lowest BCUT2D eigenvalue weighted by molar-refractivity contribution is 0.310. The standard InChI is InChI=1S/C12H14Cl2N6/c1-20(5-7-3-2-4-8(13)10(7)14)6-9-17-11(15)19-12(16)18-9/h2-4H,5-6H2,1H3,(H4,15,16,17,18,19). The van der Waals surface area contributed by atoms with Crippen LogP contribution in [0.1, 0.15) is 11.4 Å². The van der Waals surface area contributed by atoms with Crippen LogP contribution in [0.3, 0.4) is 0 Å². The number of halogens is 2. The Kier molecular flexibility index (Phi) is 4.59. The number of aromatic nitrogens is 3. The summed E-state index contributed by atoms with van der Waals surface area (Å²) in [7, 11) is 1.91. The summed E-state index contributed by atoms with van der Waals surface area (Å²) in [5, 5.41) is 1.09. The van der Waals surface area contributed by atoms with Crippen molar-refractivity contribution < 1.29 is 0 Å². The van der Waals surface area contributed by atoms with E-state index in [0.717, 1.165) is 5.56 Å². The van der Waals surface area contributed by atoms with Gasteiger partial charge in [-0.3, -0.25) is 4.90 Å². The van der Waals surface area contributed by atoms with Gasteiger partial charge in [-0.2, -0.15) is 15.0 Å². The molecule has 1 heterocycles. The van der Waals surface area contributed by atoms with Gasteiger partial charge in [-0.05, 0) is 18.7 Å². The molecule has 0 fully saturated rings. The molecule has 1 aromatic heterocycles. The van der Waals surface area contributed by atoms with Crippen LogP contribution in [0.2, 0.25) is 10.0 Å². The quantitative estimate of drug-likeness (QED) is 0.896. The van der Waals surface area contributed by atoms with E-state index in [-0.39, 0.29) is 11.9 Å². The Hall–Kier alpha value is -1.63. The Morgan fingerprint density at radius 2 is 1.70 bits per heavy atom. The molecule has 20 heavy (non-hydrogen) atoms. The van der Waals surface area contributed by atoms with E-state index in [1.54, 1.807) is 6.07 Å². The zero-order valence-corrected chi connectivity index (χ0v) is 12.4. The molecule has 0 aliphatic carbocycles. The predicted molar refractivity (Wildman–Crippen MR) is 80.3 cm³/mol. The van der Waals surface area contributed by atoms with Crippen molar-refractivity contribution in [2.75, 3.05) is 18.5 Å². The Bertz CT molecular complexity index is 599. The van der Waals surface area contributed by atoms with E-state index in [4.69, 9.17) is 34.7 Å². The third kappa shape index (κ3) is 3.69. The predicted octanol–water partition coefficient (Wildman–Crippen LogP) is 1.97. The molecule has 0 radical (unpaired) electrons. The molecule has 0 saturated carbocycles. The summed E-state index contributed by atoms with van der Waals surface area (Å²) < 4.78 is 0. The summed E-state index contributed by atoms with van der Waals surface area (Å²) in [5.41, 5.74) is 12.0. The van der Waals surface area contributed by atoms with Crippen molar-refractivity contribution in [2.24, 2.45) is 0 Å². The summed E-state index contributed by atoms with van der Waals surface area (Å²) in [4.78, 5) is 13.8. The van der Waals surface area contributed by atoms with Crippen molar-refractivity contribution in [1.82, 2.24) is 19.9 Å². The smallest absolute Gasteiger partial charge is 0.225 e. The van der Waals surface area contributed by atoms with Crippen molar-refractivity contribution in [3.8, 4) is 0 Å². The molecule has 0 aliphatic heterocycles. The highest BCUT2D eigenvalue weighted by atomic mass is 35.5. The van der Waals surface area contributed by atoms with Crippen LogP contribution in [0, 0.1) is 0 Å². The lowest BCUT2D eigenvalue weighted by atomic mass is 10.2. The second-order valence-electron chi connectivity index (χ2n) is 4.35. The molecule has 2 rings (SSSR count). The summed E-state index contributed by atoms with van der Waals surface area (Å²) >= 11 is 12.1. The highest BCUT2D eigenvalue weighted by molar-refractivity contribution is 6.42. The van der Waals surface area contributed by atoms with Gasteiger partial charge in [0.25, 0.3) is 0 Å². The van der Waals surface area contributed by atoms with E-state index in [9.17, 15) is 0 Å². The van der Waals surface area contributed by atoms with Crippen molar-refractivity contribution in [1.29, 1.82) is 0 Å². The van der Waals surface area contributed by atoms with Crippen molar-refractivity contribution in [3.63, 3.8) is 0 Å². The molecule has 6 nitrogen and oxygen atoms in total. The molecular formula is C12H14Cl2N6. The van der Waals surface area contributed by atoms with Crippen LogP contribution < -0.4 is 11.5 Å². The van der Waals surface area contributed by atoms with E-state index in [2.05, 4.69) is 15.0 Å². The minimum absolute atomic E-state index is 0.113. The maximum absolute atomic E-state index is 6.15. The fraction of sp³-hybridized carbons (Fsp3) is 0.250. The first-order chi connectivity index (χ1) is 9.45. The van der Waals surface area contributed by atoms with Crippen molar-refractivity contribution >= 4 is 35.1 Å². The second-order valence-corrected chi connectivity index (χ2v) is 5.14. The number of nitrogens with two attached hydrogens (primary N) is 2. The topological polar surface area (TPSA) is 94.0 Å². The fourth-order valence-corrected chi connectivity index (χ4v) is 2.17. The lowest BCUT2D eigenvalue weighted by Crippen LogP contribution is -2.20. The van der Waals surface area contributed by atoms with Gasteiger partial charge in [0.2, 0.25) is 11.9 Å². The lowest BCUT2D eigenvalue weighted by Gasteiger charge is -2.17. The van der Waals surface area contributed by atoms with E-state index >= 15 is 0 Å². The summed E-state index contributed by atoms with van der Waals surface area (Å²) in [5.74, 6) is 0.735. The molecule has 2 aromatic rings. The molecule has 0 aliphatic rings. The van der Waals surface area contributed by atoms with E-state index in [1.807, 2.05) is 24.1 Å². The third-order valence-corrected chi connectivity index (χ3v) is 3.46. The maximum atomic E-state index is 6.15. The number of anilines is 2. The van der Waals surface area contributed by atoms with Crippen LogP contribution >= 0.6 is 23.2 Å². The SMILES string of the molecule is CN(Cc1nc(N)nc(N)n1)Cc1cccc(Cl)c1Cl. The third-order valence-electron chi connectivity index (χ3n) is 2.60. The van der Waals surface area contributed by atoms with Crippen LogP contribution in [0.25, 0.3) is 0 Å². The summed E-state index contributed by atoms with van der Waals surface area (Å²) in [6, 6.07) is 5.53. The highest BCUT2D eigenvalue weighted by Crippen LogP contribution is 2.26. The number of nitrogen functional groups attached to an aromatic ring is 2. The van der Waals surface area contributed by atoms with Crippen molar-refractivity contribution in [2.45, 2.75) is 13.1 Å². The number of rotatable bonds is 4. The molecule has 106 valence electrons. The van der Waals surface area contributed by atoms with E-state index in [0.29, 0.717) is 29.0 Å². The van der Waals surface area contributed by atoms with Crippen LogP contribution in [0.15, 0.2) is 18.2 Å². The van der Waals surface area contributed by atoms with Gasteiger partial charge in [0.1, 0.15) is 5.82 Å². The molecule has 0 unspecified atom stereocenters. The summed E-state index contributed by atoms with van der Waals surface area (Å²) in [6.45, 7) is 1.07. The molecular weight excluding hydrogens is 299 g/mol. The van der Waals surface area contributed by atoms with Gasteiger partial charge < -0.3 is 11.5 Å². The van der Waals surface area contributed by atoms with Gasteiger partial charge in [0.15, 0.2) is 0 Å². The molecule has 1 aromatic carbocycles. The fourth-order valence-electron chi connectivity index (χ4n) is 1.79. The first-order valence-electron chi connectivity index (χ1n) is 5.83. The Labute approximate surface area is 126 Å². The second kappa shape index (κ2) is 6.21. The van der Waals surface area contributed by atoms with Gasteiger partial charge in [-0.15, -0.1) is 0 Å². The first kappa shape index (κ1) is 14.8. The van der Waals surface area contributed by atoms with Gasteiger partial charge in [-0.25, -0.2) is 0 Å². The Morgan fingerprint density at radius 3 is 2.35 bits per heavy atom. The number of nitrogens with zero attached hydrogens (tertiary/aromatic N) is 4. The molecule has 0 amide bonds. The van der Waals surface area contributed by atoms with Gasteiger partial charge in [0, 0.05) is 6.54 Å². The number of hydrogen-bond acceptors (Lipinski definition) is 6. The highest BCUT2D eigenvalue weighted by Gasteiger charge is 2.10. The Balaban J connectivity index is 2.09. The minimum Gasteiger partial charge on any atom is -0.368 e. The zero-order valence-electron chi connectivity index (χ0n) is 10.8. The average Bonchev–Trinajstić information content (AvgIpc) is 2.33.